The summed E-state index contributed by atoms with van der Waals surface area (Å²) in [7, 11) is 0. The summed E-state index contributed by atoms with van der Waals surface area (Å²) in [4.78, 5) is 6.63. The highest BCUT2D eigenvalue weighted by atomic mass is 15.1. The van der Waals surface area contributed by atoms with E-state index in [0.29, 0.717) is 5.69 Å². The zero-order valence-electron chi connectivity index (χ0n) is 12.6. The quantitative estimate of drug-likeness (QED) is 0.655. The predicted octanol–water partition coefficient (Wildman–Crippen LogP) is 2.62. The van der Waals surface area contributed by atoms with E-state index in [2.05, 4.69) is 23.7 Å². The van der Waals surface area contributed by atoms with Gasteiger partial charge in [0.1, 0.15) is 11.5 Å². The van der Waals surface area contributed by atoms with Crippen molar-refractivity contribution in [3.63, 3.8) is 0 Å². The van der Waals surface area contributed by atoms with Crippen LogP contribution in [0.3, 0.4) is 0 Å². The van der Waals surface area contributed by atoms with Crippen molar-refractivity contribution in [1.29, 1.82) is 5.41 Å². The molecule has 3 N–H and O–H groups in total. The number of hydrogen-bond acceptors (Lipinski definition) is 3. The molecular weight excluding hydrogens is 248 g/mol. The van der Waals surface area contributed by atoms with Crippen LogP contribution in [0.2, 0.25) is 0 Å². The van der Waals surface area contributed by atoms with Crippen LogP contribution in [-0.2, 0) is 6.54 Å². The van der Waals surface area contributed by atoms with Gasteiger partial charge in [-0.2, -0.15) is 0 Å². The van der Waals surface area contributed by atoms with Crippen LogP contribution < -0.4 is 5.73 Å². The first-order valence-corrected chi connectivity index (χ1v) is 7.58. The molecule has 0 aromatic carbocycles. The predicted molar refractivity (Wildman–Crippen MR) is 82.7 cm³/mol. The first-order chi connectivity index (χ1) is 9.56. The van der Waals surface area contributed by atoms with Crippen LogP contribution in [0, 0.1) is 17.2 Å². The molecule has 1 fully saturated rings. The molecule has 0 bridgehead atoms. The maximum atomic E-state index is 7.46. The molecule has 1 unspecified atom stereocenters. The third-order valence-electron chi connectivity index (χ3n) is 4.31. The SMILES string of the molecule is CC(C)C1CCCN(Cc2ccnc(C(=N)N)c2)CC1. The van der Waals surface area contributed by atoms with E-state index in [-0.39, 0.29) is 5.84 Å². The van der Waals surface area contributed by atoms with Gasteiger partial charge in [0.25, 0.3) is 0 Å². The van der Waals surface area contributed by atoms with Crippen molar-refractivity contribution in [3.05, 3.63) is 29.6 Å². The number of aromatic nitrogens is 1. The Labute approximate surface area is 121 Å². The number of hydrogen-bond donors (Lipinski definition) is 2. The average Bonchev–Trinajstić information content (AvgIpc) is 2.65. The lowest BCUT2D eigenvalue weighted by Gasteiger charge is -2.21. The maximum Gasteiger partial charge on any atom is 0.141 e. The molecule has 20 heavy (non-hydrogen) atoms. The number of amidine groups is 1. The highest BCUT2D eigenvalue weighted by molar-refractivity contribution is 5.93. The second kappa shape index (κ2) is 6.84. The smallest absolute Gasteiger partial charge is 0.141 e. The van der Waals surface area contributed by atoms with Gasteiger partial charge in [0.15, 0.2) is 0 Å². The topological polar surface area (TPSA) is 66.0 Å². The Morgan fingerprint density at radius 2 is 2.25 bits per heavy atom. The molecule has 1 aromatic heterocycles. The molecule has 1 saturated heterocycles. The van der Waals surface area contributed by atoms with Crippen molar-refractivity contribution in [2.24, 2.45) is 17.6 Å². The maximum absolute atomic E-state index is 7.46. The third-order valence-corrected chi connectivity index (χ3v) is 4.31. The molecule has 0 spiro atoms. The van der Waals surface area contributed by atoms with Gasteiger partial charge in [-0.1, -0.05) is 13.8 Å². The molecular formula is C16H26N4. The minimum absolute atomic E-state index is 0.0441. The summed E-state index contributed by atoms with van der Waals surface area (Å²) >= 11 is 0. The van der Waals surface area contributed by atoms with Gasteiger partial charge in [-0.3, -0.25) is 15.3 Å². The van der Waals surface area contributed by atoms with Crippen LogP contribution in [0.25, 0.3) is 0 Å². The second-order valence-corrected chi connectivity index (χ2v) is 6.17. The number of nitrogens with two attached hydrogens (primary N) is 1. The Bertz CT molecular complexity index is 456. The highest BCUT2D eigenvalue weighted by Crippen LogP contribution is 2.25. The Balaban J connectivity index is 1.96. The lowest BCUT2D eigenvalue weighted by atomic mass is 9.89. The van der Waals surface area contributed by atoms with E-state index in [1.165, 1.54) is 37.9 Å². The zero-order valence-corrected chi connectivity index (χ0v) is 12.6. The van der Waals surface area contributed by atoms with Gasteiger partial charge in [-0.05, 0) is 61.9 Å². The fourth-order valence-corrected chi connectivity index (χ4v) is 2.98. The third kappa shape index (κ3) is 4.04. The van der Waals surface area contributed by atoms with Crippen molar-refractivity contribution in [2.75, 3.05) is 13.1 Å². The summed E-state index contributed by atoms with van der Waals surface area (Å²) in [5.74, 6) is 1.70. The van der Waals surface area contributed by atoms with Gasteiger partial charge in [-0.15, -0.1) is 0 Å². The average molecular weight is 274 g/mol. The monoisotopic (exact) mass is 274 g/mol. The van der Waals surface area contributed by atoms with E-state index < -0.39 is 0 Å². The van der Waals surface area contributed by atoms with E-state index in [1.807, 2.05) is 12.1 Å². The first kappa shape index (κ1) is 15.0. The Morgan fingerprint density at radius 1 is 1.45 bits per heavy atom. The van der Waals surface area contributed by atoms with E-state index >= 15 is 0 Å². The Hall–Kier alpha value is -1.42. The van der Waals surface area contributed by atoms with Gasteiger partial charge in [0.2, 0.25) is 0 Å². The van der Waals surface area contributed by atoms with E-state index in [4.69, 9.17) is 11.1 Å². The van der Waals surface area contributed by atoms with Gasteiger partial charge in [-0.25, -0.2) is 0 Å². The van der Waals surface area contributed by atoms with E-state index in [0.717, 1.165) is 18.4 Å². The number of likely N-dealkylation sites (tertiary alicyclic amines) is 1. The minimum Gasteiger partial charge on any atom is -0.382 e. The molecule has 0 aliphatic carbocycles. The molecule has 0 saturated carbocycles. The van der Waals surface area contributed by atoms with Crippen molar-refractivity contribution in [1.82, 2.24) is 9.88 Å². The van der Waals surface area contributed by atoms with Gasteiger partial charge in [0, 0.05) is 12.7 Å². The Morgan fingerprint density at radius 3 is 2.95 bits per heavy atom. The fourth-order valence-electron chi connectivity index (χ4n) is 2.98. The van der Waals surface area contributed by atoms with Crippen LogP contribution in [0.15, 0.2) is 18.3 Å². The van der Waals surface area contributed by atoms with Crippen LogP contribution >= 0.6 is 0 Å². The number of nitrogens with one attached hydrogen (secondary N) is 1. The fraction of sp³-hybridized carbons (Fsp3) is 0.625. The van der Waals surface area contributed by atoms with Gasteiger partial charge < -0.3 is 5.73 Å². The molecule has 2 rings (SSSR count). The van der Waals surface area contributed by atoms with E-state index in [1.54, 1.807) is 6.20 Å². The summed E-state index contributed by atoms with van der Waals surface area (Å²) in [5.41, 5.74) is 7.28. The summed E-state index contributed by atoms with van der Waals surface area (Å²) < 4.78 is 0. The van der Waals surface area contributed by atoms with Gasteiger partial charge >= 0.3 is 0 Å². The van der Waals surface area contributed by atoms with Crippen LogP contribution in [0.4, 0.5) is 0 Å². The number of pyridine rings is 1. The van der Waals surface area contributed by atoms with Crippen LogP contribution in [0.5, 0.6) is 0 Å². The van der Waals surface area contributed by atoms with Crippen LogP contribution in [0.1, 0.15) is 44.4 Å². The molecule has 2 heterocycles. The Kier molecular flexibility index (Phi) is 5.12. The molecule has 1 atom stereocenters. The summed E-state index contributed by atoms with van der Waals surface area (Å²) in [5, 5.41) is 7.46. The number of nitrogens with zero attached hydrogens (tertiary/aromatic N) is 2. The standard InChI is InChI=1S/C16H26N4/c1-12(2)14-4-3-8-20(9-6-14)11-13-5-7-19-15(10-13)16(17)18/h5,7,10,12,14H,3-4,6,8-9,11H2,1-2H3,(H3,17,18). The minimum atomic E-state index is 0.0441. The molecule has 4 nitrogen and oxygen atoms in total. The molecule has 1 aliphatic rings. The summed E-state index contributed by atoms with van der Waals surface area (Å²) in [6.07, 6.45) is 5.68. The number of nitrogen functional groups attached to an aromatic ring is 1. The molecule has 1 aromatic rings. The normalized spacial score (nSPS) is 20.9. The second-order valence-electron chi connectivity index (χ2n) is 6.17. The summed E-state index contributed by atoms with van der Waals surface area (Å²) in [6.45, 7) is 7.94. The molecule has 0 radical (unpaired) electrons. The van der Waals surface area contributed by atoms with E-state index in [9.17, 15) is 0 Å². The molecule has 0 amide bonds. The largest absolute Gasteiger partial charge is 0.382 e. The first-order valence-electron chi connectivity index (χ1n) is 7.58. The van der Waals surface area contributed by atoms with Crippen molar-refractivity contribution in [3.8, 4) is 0 Å². The molecule has 1 aliphatic heterocycles. The van der Waals surface area contributed by atoms with Crippen LogP contribution in [-0.4, -0.2) is 28.8 Å². The van der Waals surface area contributed by atoms with Gasteiger partial charge in [0.05, 0.1) is 0 Å². The molecule has 110 valence electrons. The van der Waals surface area contributed by atoms with Crippen molar-refractivity contribution in [2.45, 2.75) is 39.7 Å². The van der Waals surface area contributed by atoms with Crippen molar-refractivity contribution >= 4 is 5.84 Å². The zero-order chi connectivity index (χ0) is 14.5. The molecule has 4 heteroatoms. The number of rotatable bonds is 4. The van der Waals surface area contributed by atoms with Crippen molar-refractivity contribution < 1.29 is 0 Å². The lowest BCUT2D eigenvalue weighted by Crippen LogP contribution is -2.25. The lowest BCUT2D eigenvalue weighted by molar-refractivity contribution is 0.264. The highest BCUT2D eigenvalue weighted by Gasteiger charge is 2.19. The summed E-state index contributed by atoms with van der Waals surface area (Å²) in [6, 6.07) is 3.96.